The Balaban J connectivity index is 0. The fourth-order valence-corrected chi connectivity index (χ4v) is 1.19. The molecule has 0 saturated carbocycles. The van der Waals surface area contributed by atoms with Crippen molar-refractivity contribution in [1.29, 1.82) is 0 Å². The van der Waals surface area contributed by atoms with E-state index in [0.717, 1.165) is 13.0 Å². The summed E-state index contributed by atoms with van der Waals surface area (Å²) in [6, 6.07) is 0. The van der Waals surface area contributed by atoms with Crippen LogP contribution in [0.4, 0.5) is 0 Å². The molecule has 0 unspecified atom stereocenters. The van der Waals surface area contributed by atoms with Crippen molar-refractivity contribution in [3.63, 3.8) is 0 Å². The summed E-state index contributed by atoms with van der Waals surface area (Å²) >= 11 is 0. The van der Waals surface area contributed by atoms with Crippen molar-refractivity contribution in [2.75, 3.05) is 20.6 Å². The molecule has 0 radical (unpaired) electrons. The second-order valence-electron chi connectivity index (χ2n) is 4.27. The lowest BCUT2D eigenvalue weighted by molar-refractivity contribution is 0.413. The van der Waals surface area contributed by atoms with Crippen molar-refractivity contribution in [3.8, 4) is 0 Å². The minimum atomic E-state index is 0.619. The Kier molecular flexibility index (Phi) is 11.2. The van der Waals surface area contributed by atoms with Crippen LogP contribution in [0.25, 0.3) is 0 Å². The first-order valence-electron chi connectivity index (χ1n) is 5.94. The third-order valence-corrected chi connectivity index (χ3v) is 1.91. The van der Waals surface area contributed by atoms with Crippen LogP contribution >= 0.6 is 0 Å². The molecule has 1 nitrogen and oxygen atoms in total. The first-order valence-corrected chi connectivity index (χ1v) is 5.94. The largest absolute Gasteiger partial charge is 0.309 e. The molecule has 0 amide bonds. The van der Waals surface area contributed by atoms with Crippen LogP contribution in [0.5, 0.6) is 0 Å². The second kappa shape index (κ2) is 9.97. The van der Waals surface area contributed by atoms with Gasteiger partial charge in [0.25, 0.3) is 0 Å². The third-order valence-electron chi connectivity index (χ3n) is 1.91. The predicted molar refractivity (Wildman–Crippen MR) is 72.3 cm³/mol. The molecule has 1 heteroatoms. The zero-order chi connectivity index (χ0) is 12.4. The summed E-state index contributed by atoms with van der Waals surface area (Å²) in [6.45, 7) is 15.6. The molecule has 0 heterocycles. The Hall–Kier alpha value is -0.560. The summed E-state index contributed by atoms with van der Waals surface area (Å²) in [5.41, 5.74) is 2.61. The van der Waals surface area contributed by atoms with E-state index >= 15 is 0 Å². The van der Waals surface area contributed by atoms with Gasteiger partial charge in [-0.3, -0.25) is 0 Å². The van der Waals surface area contributed by atoms with E-state index in [1.54, 1.807) is 0 Å². The van der Waals surface area contributed by atoms with Gasteiger partial charge in [-0.25, -0.2) is 0 Å². The molecule has 0 spiro atoms. The molecule has 0 fully saturated rings. The minimum absolute atomic E-state index is 0.619. The first-order chi connectivity index (χ1) is 6.93. The van der Waals surface area contributed by atoms with Crippen LogP contribution in [-0.4, -0.2) is 25.5 Å². The topological polar surface area (TPSA) is 3.24 Å². The standard InChI is InChI=1S/C12H23N.C2H6/c1-10(2)9-12(11(3)4)7-8-13(5)6;1-2/h9-10H,3,7-8H2,1-2,4-6H3;1-2H3/b12-9+;. The smallest absolute Gasteiger partial charge is 0.00157 e. The fourth-order valence-electron chi connectivity index (χ4n) is 1.19. The summed E-state index contributed by atoms with van der Waals surface area (Å²) in [5, 5.41) is 0. The van der Waals surface area contributed by atoms with Crippen LogP contribution in [0.15, 0.2) is 23.8 Å². The molecule has 0 rings (SSSR count). The Morgan fingerprint density at radius 2 is 1.73 bits per heavy atom. The Bertz CT molecular complexity index is 188. The second-order valence-corrected chi connectivity index (χ2v) is 4.27. The van der Waals surface area contributed by atoms with Crippen LogP contribution in [-0.2, 0) is 0 Å². The lowest BCUT2D eigenvalue weighted by Crippen LogP contribution is -2.13. The summed E-state index contributed by atoms with van der Waals surface area (Å²) in [6.07, 6.45) is 3.42. The molecule has 0 N–H and O–H groups in total. The highest BCUT2D eigenvalue weighted by Crippen LogP contribution is 2.14. The van der Waals surface area contributed by atoms with E-state index in [2.05, 4.69) is 52.4 Å². The fraction of sp³-hybridized carbons (Fsp3) is 0.714. The highest BCUT2D eigenvalue weighted by atomic mass is 15.0. The maximum absolute atomic E-state index is 4.00. The zero-order valence-electron chi connectivity index (χ0n) is 11.7. The van der Waals surface area contributed by atoms with E-state index in [4.69, 9.17) is 0 Å². The lowest BCUT2D eigenvalue weighted by Gasteiger charge is -2.13. The van der Waals surface area contributed by atoms with Crippen LogP contribution in [0, 0.1) is 5.92 Å². The van der Waals surface area contributed by atoms with E-state index in [-0.39, 0.29) is 0 Å². The molecule has 0 aliphatic rings. The molecule has 0 aromatic heterocycles. The van der Waals surface area contributed by atoms with Gasteiger partial charge in [0.1, 0.15) is 0 Å². The van der Waals surface area contributed by atoms with Gasteiger partial charge in [-0.15, -0.1) is 0 Å². The maximum atomic E-state index is 4.00. The van der Waals surface area contributed by atoms with Crippen LogP contribution in [0.1, 0.15) is 41.0 Å². The van der Waals surface area contributed by atoms with Gasteiger partial charge in [-0.2, -0.15) is 0 Å². The number of nitrogens with zero attached hydrogens (tertiary/aromatic N) is 1. The molecular formula is C14H29N. The summed E-state index contributed by atoms with van der Waals surface area (Å²) in [7, 11) is 4.21. The molecule has 0 bridgehead atoms. The minimum Gasteiger partial charge on any atom is -0.309 e. The van der Waals surface area contributed by atoms with E-state index in [1.165, 1.54) is 11.1 Å². The molecule has 15 heavy (non-hydrogen) atoms. The Morgan fingerprint density at radius 3 is 2.00 bits per heavy atom. The SMILES string of the molecule is C=C(C)/C(=C/C(C)C)CCN(C)C.CC. The molecule has 0 saturated heterocycles. The third kappa shape index (κ3) is 11.4. The summed E-state index contributed by atoms with van der Waals surface area (Å²) < 4.78 is 0. The van der Waals surface area contributed by atoms with Crippen molar-refractivity contribution >= 4 is 0 Å². The number of hydrogen-bond acceptors (Lipinski definition) is 1. The van der Waals surface area contributed by atoms with Crippen LogP contribution < -0.4 is 0 Å². The van der Waals surface area contributed by atoms with Gasteiger partial charge in [-0.1, -0.05) is 45.9 Å². The Morgan fingerprint density at radius 1 is 1.27 bits per heavy atom. The van der Waals surface area contributed by atoms with Crippen molar-refractivity contribution in [2.24, 2.45) is 5.92 Å². The quantitative estimate of drug-likeness (QED) is 0.618. The van der Waals surface area contributed by atoms with Crippen molar-refractivity contribution in [3.05, 3.63) is 23.8 Å². The van der Waals surface area contributed by atoms with Gasteiger partial charge >= 0.3 is 0 Å². The average molecular weight is 211 g/mol. The van der Waals surface area contributed by atoms with Gasteiger partial charge in [-0.05, 0) is 38.9 Å². The van der Waals surface area contributed by atoms with Crippen molar-refractivity contribution in [2.45, 2.75) is 41.0 Å². The number of hydrogen-bond donors (Lipinski definition) is 0. The van der Waals surface area contributed by atoms with Gasteiger partial charge < -0.3 is 4.90 Å². The predicted octanol–water partition coefficient (Wildman–Crippen LogP) is 4.12. The number of allylic oxidation sites excluding steroid dienone is 2. The normalized spacial score (nSPS) is 11.4. The van der Waals surface area contributed by atoms with E-state index in [9.17, 15) is 0 Å². The Labute approximate surface area is 96.9 Å². The molecule has 0 aromatic carbocycles. The zero-order valence-corrected chi connectivity index (χ0v) is 11.7. The molecule has 0 aliphatic carbocycles. The molecule has 0 aromatic rings. The van der Waals surface area contributed by atoms with Crippen LogP contribution in [0.2, 0.25) is 0 Å². The maximum Gasteiger partial charge on any atom is 0.00157 e. The molecule has 90 valence electrons. The van der Waals surface area contributed by atoms with E-state index in [1.807, 2.05) is 13.8 Å². The van der Waals surface area contributed by atoms with Crippen LogP contribution in [0.3, 0.4) is 0 Å². The lowest BCUT2D eigenvalue weighted by atomic mass is 10.0. The van der Waals surface area contributed by atoms with Crippen molar-refractivity contribution in [1.82, 2.24) is 4.90 Å². The molecule has 0 atom stereocenters. The average Bonchev–Trinajstić information content (AvgIpc) is 2.14. The van der Waals surface area contributed by atoms with E-state index in [0.29, 0.717) is 5.92 Å². The summed E-state index contributed by atoms with van der Waals surface area (Å²) in [4.78, 5) is 2.21. The highest BCUT2D eigenvalue weighted by molar-refractivity contribution is 5.26. The van der Waals surface area contributed by atoms with Crippen molar-refractivity contribution < 1.29 is 0 Å². The monoisotopic (exact) mass is 211 g/mol. The van der Waals surface area contributed by atoms with Gasteiger partial charge in [0.2, 0.25) is 0 Å². The first kappa shape index (κ1) is 16.9. The molecule has 0 aliphatic heterocycles. The molecular weight excluding hydrogens is 182 g/mol. The summed E-state index contributed by atoms with van der Waals surface area (Å²) in [5.74, 6) is 0.619. The van der Waals surface area contributed by atoms with Gasteiger partial charge in [0.05, 0.1) is 0 Å². The van der Waals surface area contributed by atoms with Gasteiger partial charge in [0, 0.05) is 6.54 Å². The highest BCUT2D eigenvalue weighted by Gasteiger charge is 2.00. The number of rotatable bonds is 5. The van der Waals surface area contributed by atoms with E-state index < -0.39 is 0 Å². The van der Waals surface area contributed by atoms with Gasteiger partial charge in [0.15, 0.2) is 0 Å².